The van der Waals surface area contributed by atoms with Crippen LogP contribution >= 0.6 is 0 Å². The van der Waals surface area contributed by atoms with Crippen LogP contribution in [0.3, 0.4) is 0 Å². The third kappa shape index (κ3) is 5.42. The number of ether oxygens (including phenoxy) is 2. The van der Waals surface area contributed by atoms with Crippen LogP contribution in [0.1, 0.15) is 39.3 Å². The summed E-state index contributed by atoms with van der Waals surface area (Å²) in [5.74, 6) is -3.79. The topological polar surface area (TPSA) is 70.4 Å². The van der Waals surface area contributed by atoms with E-state index in [0.717, 1.165) is 17.7 Å². The number of hydrogen-bond donors (Lipinski definition) is 0. The van der Waals surface area contributed by atoms with Gasteiger partial charge in [-0.15, -0.1) is 0 Å². The number of carbonyl (C=O) groups excluding carboxylic acids is 1. The van der Waals surface area contributed by atoms with Gasteiger partial charge in [-0.3, -0.25) is 9.59 Å². The van der Waals surface area contributed by atoms with Gasteiger partial charge < -0.3 is 9.47 Å². The van der Waals surface area contributed by atoms with Crippen LogP contribution in [0.25, 0.3) is 0 Å². The number of hydrogen-bond acceptors (Lipinski definition) is 5. The Labute approximate surface area is 127 Å². The van der Waals surface area contributed by atoms with Crippen molar-refractivity contribution in [2.24, 2.45) is 0 Å². The van der Waals surface area contributed by atoms with Crippen molar-refractivity contribution in [1.29, 1.82) is 0 Å². The van der Waals surface area contributed by atoms with Gasteiger partial charge in [0.25, 0.3) is 11.5 Å². The van der Waals surface area contributed by atoms with Crippen LogP contribution in [0.5, 0.6) is 5.75 Å². The van der Waals surface area contributed by atoms with Crippen LogP contribution in [0.4, 0.5) is 8.78 Å². The van der Waals surface area contributed by atoms with Crippen molar-refractivity contribution < 1.29 is 23.0 Å². The molecule has 1 aromatic rings. The van der Waals surface area contributed by atoms with Gasteiger partial charge in [0, 0.05) is 18.9 Å². The Morgan fingerprint density at radius 1 is 1.45 bits per heavy atom. The zero-order valence-electron chi connectivity index (χ0n) is 13.1. The largest absolute Gasteiger partial charge is 0.485 e. The summed E-state index contributed by atoms with van der Waals surface area (Å²) in [4.78, 5) is 23.3. The van der Waals surface area contributed by atoms with Crippen LogP contribution in [-0.2, 0) is 16.1 Å². The van der Waals surface area contributed by atoms with Crippen molar-refractivity contribution in [3.63, 3.8) is 0 Å². The zero-order valence-corrected chi connectivity index (χ0v) is 13.1. The molecule has 1 heterocycles. The maximum Gasteiger partial charge on any atom is 0.327 e. The summed E-state index contributed by atoms with van der Waals surface area (Å²) >= 11 is 0. The molecule has 6 nitrogen and oxygen atoms in total. The van der Waals surface area contributed by atoms with Crippen LogP contribution in [-0.4, -0.2) is 34.9 Å². The molecule has 0 aliphatic carbocycles. The predicted octanol–water partition coefficient (Wildman–Crippen LogP) is 1.96. The van der Waals surface area contributed by atoms with E-state index < -0.39 is 24.1 Å². The van der Waals surface area contributed by atoms with Crippen LogP contribution in [0.15, 0.2) is 10.9 Å². The summed E-state index contributed by atoms with van der Waals surface area (Å²) in [6, 6.07) is 1.06. The molecule has 1 rings (SSSR count). The lowest BCUT2D eigenvalue weighted by Gasteiger charge is -2.17. The molecular formula is C14H20F2N2O4. The van der Waals surface area contributed by atoms with Crippen molar-refractivity contribution in [3.05, 3.63) is 22.1 Å². The number of esters is 1. The molecule has 0 spiro atoms. The lowest BCUT2D eigenvalue weighted by Crippen LogP contribution is -2.30. The molecule has 0 aromatic carbocycles. The molecule has 0 N–H and O–H groups in total. The number of halogens is 2. The maximum atomic E-state index is 12.9. The van der Waals surface area contributed by atoms with Crippen LogP contribution in [0, 0.1) is 0 Å². The van der Waals surface area contributed by atoms with Crippen molar-refractivity contribution in [2.45, 2.75) is 46.1 Å². The Morgan fingerprint density at radius 2 is 2.09 bits per heavy atom. The van der Waals surface area contributed by atoms with Crippen molar-refractivity contribution in [1.82, 2.24) is 9.78 Å². The average molecular weight is 318 g/mol. The summed E-state index contributed by atoms with van der Waals surface area (Å²) in [7, 11) is 0. The van der Waals surface area contributed by atoms with E-state index in [4.69, 9.17) is 9.47 Å². The third-order valence-electron chi connectivity index (χ3n) is 2.60. The highest BCUT2D eigenvalue weighted by molar-refractivity contribution is 5.68. The minimum Gasteiger partial charge on any atom is -0.485 e. The van der Waals surface area contributed by atoms with E-state index in [1.807, 2.05) is 0 Å². The van der Waals surface area contributed by atoms with Crippen molar-refractivity contribution in [3.8, 4) is 5.75 Å². The van der Waals surface area contributed by atoms with E-state index in [0.29, 0.717) is 5.69 Å². The van der Waals surface area contributed by atoms with Gasteiger partial charge in [-0.2, -0.15) is 5.10 Å². The second-order valence-corrected chi connectivity index (χ2v) is 5.21. The second-order valence-electron chi connectivity index (χ2n) is 5.21. The molecule has 0 atom stereocenters. The monoisotopic (exact) mass is 318 g/mol. The molecule has 0 unspecified atom stereocenters. The Kier molecular flexibility index (Phi) is 6.01. The second kappa shape index (κ2) is 7.33. The van der Waals surface area contributed by atoms with E-state index in [-0.39, 0.29) is 24.8 Å². The summed E-state index contributed by atoms with van der Waals surface area (Å²) in [6.45, 7) is 4.92. The Morgan fingerprint density at radius 3 is 2.59 bits per heavy atom. The fraction of sp³-hybridized carbons (Fsp3) is 0.643. The van der Waals surface area contributed by atoms with Gasteiger partial charge >= 0.3 is 5.97 Å². The van der Waals surface area contributed by atoms with Gasteiger partial charge in [-0.25, -0.2) is 13.5 Å². The summed E-state index contributed by atoms with van der Waals surface area (Å²) < 4.78 is 36.5. The normalized spacial score (nSPS) is 11.6. The SMILES string of the molecule is CCOC(=O)Cn1nc(C(C)C)c(OCC(C)(F)F)cc1=O. The highest BCUT2D eigenvalue weighted by atomic mass is 19.3. The first-order valence-electron chi connectivity index (χ1n) is 6.92. The number of alkyl halides is 2. The van der Waals surface area contributed by atoms with E-state index in [1.54, 1.807) is 20.8 Å². The Bertz CT molecular complexity index is 579. The molecular weight excluding hydrogens is 298 g/mol. The quantitative estimate of drug-likeness (QED) is 0.719. The minimum atomic E-state index is -3.02. The number of carbonyl (C=O) groups is 1. The first-order valence-corrected chi connectivity index (χ1v) is 6.92. The molecule has 0 bridgehead atoms. The van der Waals surface area contributed by atoms with Gasteiger partial charge in [0.05, 0.1) is 6.61 Å². The van der Waals surface area contributed by atoms with E-state index in [2.05, 4.69) is 5.10 Å². The lowest BCUT2D eigenvalue weighted by atomic mass is 10.1. The molecule has 0 radical (unpaired) electrons. The molecule has 1 aromatic heterocycles. The first-order chi connectivity index (χ1) is 10.1. The number of nitrogens with zero attached hydrogens (tertiary/aromatic N) is 2. The Hall–Kier alpha value is -1.99. The molecule has 22 heavy (non-hydrogen) atoms. The van der Waals surface area contributed by atoms with Crippen LogP contribution in [0.2, 0.25) is 0 Å². The fourth-order valence-corrected chi connectivity index (χ4v) is 1.65. The lowest BCUT2D eigenvalue weighted by molar-refractivity contribution is -0.144. The van der Waals surface area contributed by atoms with E-state index in [1.165, 1.54) is 0 Å². The summed E-state index contributed by atoms with van der Waals surface area (Å²) in [5, 5.41) is 4.03. The smallest absolute Gasteiger partial charge is 0.327 e. The summed E-state index contributed by atoms with van der Waals surface area (Å²) in [5.41, 5.74) is -0.292. The molecule has 124 valence electrons. The van der Waals surface area contributed by atoms with Crippen LogP contribution < -0.4 is 10.3 Å². The molecule has 8 heteroatoms. The highest BCUT2D eigenvalue weighted by Crippen LogP contribution is 2.24. The van der Waals surface area contributed by atoms with Gasteiger partial charge in [-0.1, -0.05) is 13.8 Å². The van der Waals surface area contributed by atoms with Gasteiger partial charge in [0.15, 0.2) is 6.61 Å². The van der Waals surface area contributed by atoms with Gasteiger partial charge in [0.1, 0.15) is 18.0 Å². The first kappa shape index (κ1) is 18.1. The molecule has 0 aliphatic rings. The molecule has 0 amide bonds. The Balaban J connectivity index is 3.08. The molecule has 0 aliphatic heterocycles. The zero-order chi connectivity index (χ0) is 16.9. The summed E-state index contributed by atoms with van der Waals surface area (Å²) in [6.07, 6.45) is 0. The van der Waals surface area contributed by atoms with E-state index in [9.17, 15) is 18.4 Å². The maximum absolute atomic E-state index is 12.9. The fourth-order valence-electron chi connectivity index (χ4n) is 1.65. The molecule has 0 saturated carbocycles. The minimum absolute atomic E-state index is 0.00151. The predicted molar refractivity (Wildman–Crippen MR) is 75.3 cm³/mol. The third-order valence-corrected chi connectivity index (χ3v) is 2.60. The molecule has 0 fully saturated rings. The molecule has 0 saturated heterocycles. The average Bonchev–Trinajstić information content (AvgIpc) is 2.38. The van der Waals surface area contributed by atoms with Gasteiger partial charge in [0.2, 0.25) is 0 Å². The number of rotatable bonds is 7. The van der Waals surface area contributed by atoms with Gasteiger partial charge in [-0.05, 0) is 6.92 Å². The highest BCUT2D eigenvalue weighted by Gasteiger charge is 2.24. The van der Waals surface area contributed by atoms with Crippen molar-refractivity contribution >= 4 is 5.97 Å². The van der Waals surface area contributed by atoms with Crippen molar-refractivity contribution in [2.75, 3.05) is 13.2 Å². The number of aromatic nitrogens is 2. The van der Waals surface area contributed by atoms with E-state index >= 15 is 0 Å². The standard InChI is InChI=1S/C14H20F2N2O4/c1-5-21-12(20)7-18-11(19)6-10(13(17-18)9(2)3)22-8-14(4,15)16/h6,9H,5,7-8H2,1-4H3.